The monoisotopic (exact) mass is 437 g/mol. The maximum Gasteiger partial charge on any atom is 0.251 e. The van der Waals surface area contributed by atoms with Gasteiger partial charge in [-0.05, 0) is 43.3 Å². The molecule has 0 saturated heterocycles. The normalized spacial score (nSPS) is 10.2. The molecule has 3 amide bonds. The van der Waals surface area contributed by atoms with Gasteiger partial charge < -0.3 is 20.3 Å². The molecule has 2 aromatic rings. The molecule has 9 heteroatoms. The maximum atomic E-state index is 12.2. The van der Waals surface area contributed by atoms with Gasteiger partial charge in [0.05, 0.1) is 35.4 Å². The Morgan fingerprint density at radius 3 is 2.24 bits per heavy atom. The average Bonchev–Trinajstić information content (AvgIpc) is 2.69. The molecule has 0 unspecified atom stereocenters. The molecule has 7 nitrogen and oxygen atoms in total. The van der Waals surface area contributed by atoms with Crippen molar-refractivity contribution in [2.24, 2.45) is 0 Å². The number of nitrogens with one attached hydrogen (secondary N) is 2. The summed E-state index contributed by atoms with van der Waals surface area (Å²) in [6, 6.07) is 11.4. The molecular weight excluding hydrogens is 417 g/mol. The van der Waals surface area contributed by atoms with Crippen LogP contribution in [-0.4, -0.2) is 49.4 Å². The number of ether oxygens (including phenoxy) is 1. The molecule has 0 aliphatic rings. The number of carbonyl (C=O) groups is 3. The summed E-state index contributed by atoms with van der Waals surface area (Å²) in [5, 5.41) is 5.69. The molecule has 0 radical (unpaired) electrons. The van der Waals surface area contributed by atoms with Gasteiger partial charge in [0.25, 0.3) is 5.91 Å². The van der Waals surface area contributed by atoms with Crippen LogP contribution in [0.3, 0.4) is 0 Å². The molecule has 0 fully saturated rings. The van der Waals surface area contributed by atoms with Gasteiger partial charge >= 0.3 is 0 Å². The Labute approximate surface area is 178 Å². The van der Waals surface area contributed by atoms with Crippen LogP contribution >= 0.6 is 23.2 Å². The smallest absolute Gasteiger partial charge is 0.251 e. The number of hydrogen-bond acceptors (Lipinski definition) is 4. The third-order valence-corrected chi connectivity index (χ3v) is 4.49. The second-order valence-electron chi connectivity index (χ2n) is 6.03. The number of carbonyl (C=O) groups excluding carboxylic acids is 3. The third-order valence-electron chi connectivity index (χ3n) is 3.86. The van der Waals surface area contributed by atoms with Crippen molar-refractivity contribution in [1.29, 1.82) is 0 Å². The van der Waals surface area contributed by atoms with Gasteiger partial charge in [0.15, 0.2) is 0 Å². The number of likely N-dealkylation sites (N-methyl/N-ethyl adjacent to an activating group) is 1. The van der Waals surface area contributed by atoms with Gasteiger partial charge in [-0.15, -0.1) is 0 Å². The standard InChI is InChI=1S/C20H21Cl2N3O4/c1-3-29-14-9-7-13(8-10-14)20(28)23-11-18(27)25(2)12-17(26)24-19-15(21)5-4-6-16(19)22/h4-10H,3,11-12H2,1-2H3,(H,23,28)(H,24,26). The fourth-order valence-electron chi connectivity index (χ4n) is 2.36. The summed E-state index contributed by atoms with van der Waals surface area (Å²) < 4.78 is 5.32. The lowest BCUT2D eigenvalue weighted by molar-refractivity contribution is -0.132. The average molecular weight is 438 g/mol. The van der Waals surface area contributed by atoms with Crippen LogP contribution in [0.15, 0.2) is 42.5 Å². The summed E-state index contributed by atoms with van der Waals surface area (Å²) in [5.41, 5.74) is 0.681. The molecule has 2 aromatic carbocycles. The molecule has 0 atom stereocenters. The number of halogens is 2. The predicted molar refractivity (Wildman–Crippen MR) is 113 cm³/mol. The first-order chi connectivity index (χ1) is 13.8. The zero-order chi connectivity index (χ0) is 21.4. The van der Waals surface area contributed by atoms with Crippen molar-refractivity contribution in [1.82, 2.24) is 10.2 Å². The van der Waals surface area contributed by atoms with Gasteiger partial charge in [-0.25, -0.2) is 0 Å². The van der Waals surface area contributed by atoms with Crippen LogP contribution in [0.5, 0.6) is 5.75 Å². The van der Waals surface area contributed by atoms with E-state index in [9.17, 15) is 14.4 Å². The minimum atomic E-state index is -0.464. The van der Waals surface area contributed by atoms with E-state index in [4.69, 9.17) is 27.9 Å². The zero-order valence-corrected chi connectivity index (χ0v) is 17.5. The third kappa shape index (κ3) is 6.66. The highest BCUT2D eigenvalue weighted by molar-refractivity contribution is 6.39. The van der Waals surface area contributed by atoms with Crippen molar-refractivity contribution in [3.8, 4) is 5.75 Å². The zero-order valence-electron chi connectivity index (χ0n) is 16.0. The number of hydrogen-bond donors (Lipinski definition) is 2. The van der Waals surface area contributed by atoms with E-state index in [2.05, 4.69) is 10.6 Å². The lowest BCUT2D eigenvalue weighted by atomic mass is 10.2. The summed E-state index contributed by atoms with van der Waals surface area (Å²) in [4.78, 5) is 37.7. The Hall–Kier alpha value is -2.77. The first-order valence-electron chi connectivity index (χ1n) is 8.80. The minimum absolute atomic E-state index is 0.223. The Morgan fingerprint density at radius 2 is 1.66 bits per heavy atom. The molecule has 2 N–H and O–H groups in total. The van der Waals surface area contributed by atoms with E-state index < -0.39 is 17.7 Å². The molecule has 0 saturated carbocycles. The maximum absolute atomic E-state index is 12.2. The molecule has 29 heavy (non-hydrogen) atoms. The molecule has 154 valence electrons. The number of benzene rings is 2. The lowest BCUT2D eigenvalue weighted by Gasteiger charge is -2.18. The summed E-state index contributed by atoms with van der Waals surface area (Å²) in [6.45, 7) is 1.93. The SMILES string of the molecule is CCOc1ccc(C(=O)NCC(=O)N(C)CC(=O)Nc2c(Cl)cccc2Cl)cc1. The number of para-hydroxylation sites is 1. The van der Waals surface area contributed by atoms with Crippen molar-refractivity contribution in [3.63, 3.8) is 0 Å². The Morgan fingerprint density at radius 1 is 1.03 bits per heavy atom. The van der Waals surface area contributed by atoms with Crippen LogP contribution in [0.4, 0.5) is 5.69 Å². The van der Waals surface area contributed by atoms with Crippen LogP contribution < -0.4 is 15.4 Å². The molecule has 0 spiro atoms. The molecule has 0 aliphatic carbocycles. The number of amides is 3. The van der Waals surface area contributed by atoms with Crippen molar-refractivity contribution in [3.05, 3.63) is 58.1 Å². The van der Waals surface area contributed by atoms with Gasteiger partial charge in [0.2, 0.25) is 11.8 Å². The van der Waals surface area contributed by atoms with Crippen LogP contribution in [0.1, 0.15) is 17.3 Å². The van der Waals surface area contributed by atoms with Gasteiger partial charge in [-0.3, -0.25) is 14.4 Å². The molecular formula is C20H21Cl2N3O4. The van der Waals surface area contributed by atoms with E-state index >= 15 is 0 Å². The van der Waals surface area contributed by atoms with Gasteiger partial charge in [0, 0.05) is 12.6 Å². The number of anilines is 1. The molecule has 0 aromatic heterocycles. The second kappa shape index (κ2) is 10.7. The molecule has 0 bridgehead atoms. The van der Waals surface area contributed by atoms with Gasteiger partial charge in [-0.1, -0.05) is 29.3 Å². The fourth-order valence-corrected chi connectivity index (χ4v) is 2.85. The first-order valence-corrected chi connectivity index (χ1v) is 9.56. The Kier molecular flexibility index (Phi) is 8.30. The molecule has 0 heterocycles. The molecule has 2 rings (SSSR count). The number of nitrogens with zero attached hydrogens (tertiary/aromatic N) is 1. The van der Waals surface area contributed by atoms with E-state index in [0.717, 1.165) is 0 Å². The first kappa shape index (κ1) is 22.5. The van der Waals surface area contributed by atoms with E-state index in [1.165, 1.54) is 11.9 Å². The lowest BCUT2D eigenvalue weighted by Crippen LogP contribution is -2.41. The topological polar surface area (TPSA) is 87.7 Å². The largest absolute Gasteiger partial charge is 0.494 e. The molecule has 0 aliphatic heterocycles. The highest BCUT2D eigenvalue weighted by Crippen LogP contribution is 2.29. The van der Waals surface area contributed by atoms with Crippen molar-refractivity contribution in [2.45, 2.75) is 6.92 Å². The van der Waals surface area contributed by atoms with E-state index in [1.54, 1.807) is 42.5 Å². The summed E-state index contributed by atoms with van der Waals surface area (Å²) in [5.74, 6) is -0.634. The second-order valence-corrected chi connectivity index (χ2v) is 6.85. The van der Waals surface area contributed by atoms with Crippen molar-refractivity contribution in [2.75, 3.05) is 32.1 Å². The van der Waals surface area contributed by atoms with Crippen LogP contribution in [0, 0.1) is 0 Å². The van der Waals surface area contributed by atoms with E-state index in [-0.39, 0.29) is 18.8 Å². The van der Waals surface area contributed by atoms with Gasteiger partial charge in [0.1, 0.15) is 5.75 Å². The van der Waals surface area contributed by atoms with Gasteiger partial charge in [-0.2, -0.15) is 0 Å². The van der Waals surface area contributed by atoms with Crippen LogP contribution in [-0.2, 0) is 9.59 Å². The quantitative estimate of drug-likeness (QED) is 0.663. The van der Waals surface area contributed by atoms with E-state index in [0.29, 0.717) is 28.0 Å². The minimum Gasteiger partial charge on any atom is -0.494 e. The fraction of sp³-hybridized carbons (Fsp3) is 0.250. The van der Waals surface area contributed by atoms with Crippen molar-refractivity contribution < 1.29 is 19.1 Å². The summed E-state index contributed by atoms with van der Waals surface area (Å²) >= 11 is 12.0. The number of rotatable bonds is 8. The van der Waals surface area contributed by atoms with E-state index in [1.807, 2.05) is 6.92 Å². The van der Waals surface area contributed by atoms with Crippen LogP contribution in [0.25, 0.3) is 0 Å². The highest BCUT2D eigenvalue weighted by Gasteiger charge is 2.16. The summed E-state index contributed by atoms with van der Waals surface area (Å²) in [7, 11) is 1.46. The summed E-state index contributed by atoms with van der Waals surface area (Å²) in [6.07, 6.45) is 0. The Bertz CT molecular complexity index is 868. The van der Waals surface area contributed by atoms with Crippen molar-refractivity contribution >= 4 is 46.6 Å². The highest BCUT2D eigenvalue weighted by atomic mass is 35.5. The Balaban J connectivity index is 1.83. The van der Waals surface area contributed by atoms with Crippen LogP contribution in [0.2, 0.25) is 10.0 Å². The predicted octanol–water partition coefficient (Wildman–Crippen LogP) is 3.22.